The third kappa shape index (κ3) is 5.22. The van der Waals surface area contributed by atoms with Crippen molar-refractivity contribution >= 4 is 23.5 Å². The van der Waals surface area contributed by atoms with Crippen LogP contribution in [0.5, 0.6) is 0 Å². The van der Waals surface area contributed by atoms with Crippen LogP contribution in [0.15, 0.2) is 0 Å². The van der Waals surface area contributed by atoms with Gasteiger partial charge in [-0.05, 0) is 32.1 Å². The SMILES string of the molecule is CCCN1CC(C(=O)N(C)Cc2nc(C)c3c(n2)N(CCC(C)C)C(=O)CC3)CC1=O. The second-order valence-electron chi connectivity index (χ2n) is 9.19. The van der Waals surface area contributed by atoms with E-state index < -0.39 is 0 Å². The van der Waals surface area contributed by atoms with E-state index in [2.05, 4.69) is 18.8 Å². The molecule has 0 aliphatic carbocycles. The van der Waals surface area contributed by atoms with Crippen molar-refractivity contribution in [3.8, 4) is 0 Å². The summed E-state index contributed by atoms with van der Waals surface area (Å²) in [7, 11) is 1.73. The fourth-order valence-electron chi connectivity index (χ4n) is 4.35. The topological polar surface area (TPSA) is 86.7 Å². The lowest BCUT2D eigenvalue weighted by Crippen LogP contribution is -2.39. The predicted octanol–water partition coefficient (Wildman–Crippen LogP) is 2.33. The van der Waals surface area contributed by atoms with Gasteiger partial charge in [-0.1, -0.05) is 20.8 Å². The summed E-state index contributed by atoms with van der Waals surface area (Å²) in [6.07, 6.45) is 3.20. The molecule has 1 fully saturated rings. The summed E-state index contributed by atoms with van der Waals surface area (Å²) in [5.74, 6) is 1.50. The summed E-state index contributed by atoms with van der Waals surface area (Å²) in [5, 5.41) is 0. The molecule has 3 rings (SSSR count). The van der Waals surface area contributed by atoms with Gasteiger partial charge in [-0.2, -0.15) is 0 Å². The largest absolute Gasteiger partial charge is 0.342 e. The summed E-state index contributed by atoms with van der Waals surface area (Å²) < 4.78 is 0. The molecule has 8 heteroatoms. The van der Waals surface area contributed by atoms with E-state index in [1.54, 1.807) is 21.7 Å². The number of amides is 3. The molecule has 1 saturated heterocycles. The Labute approximate surface area is 185 Å². The fourth-order valence-corrected chi connectivity index (χ4v) is 4.35. The molecule has 1 unspecified atom stereocenters. The molecule has 0 radical (unpaired) electrons. The van der Waals surface area contributed by atoms with Crippen molar-refractivity contribution < 1.29 is 14.4 Å². The van der Waals surface area contributed by atoms with Gasteiger partial charge in [-0.3, -0.25) is 19.3 Å². The minimum Gasteiger partial charge on any atom is -0.342 e. The van der Waals surface area contributed by atoms with Gasteiger partial charge in [0.2, 0.25) is 17.7 Å². The van der Waals surface area contributed by atoms with Crippen molar-refractivity contribution in [1.29, 1.82) is 0 Å². The predicted molar refractivity (Wildman–Crippen MR) is 118 cm³/mol. The third-order valence-corrected chi connectivity index (χ3v) is 6.13. The number of hydrogen-bond donors (Lipinski definition) is 0. The van der Waals surface area contributed by atoms with Crippen LogP contribution in [0.25, 0.3) is 0 Å². The first-order valence-electron chi connectivity index (χ1n) is 11.4. The Morgan fingerprint density at radius 2 is 1.90 bits per heavy atom. The second-order valence-corrected chi connectivity index (χ2v) is 9.19. The number of likely N-dealkylation sites (tertiary alicyclic amines) is 1. The number of rotatable bonds is 8. The Kier molecular flexibility index (Phi) is 7.28. The molecule has 170 valence electrons. The van der Waals surface area contributed by atoms with E-state index in [4.69, 9.17) is 4.98 Å². The Bertz CT molecular complexity index is 854. The molecule has 0 spiro atoms. The van der Waals surface area contributed by atoms with Crippen LogP contribution in [-0.4, -0.2) is 64.2 Å². The molecule has 3 heterocycles. The number of aromatic nitrogens is 2. The number of carbonyl (C=O) groups is 3. The summed E-state index contributed by atoms with van der Waals surface area (Å²) in [6, 6.07) is 0. The lowest BCUT2D eigenvalue weighted by molar-refractivity contribution is -0.135. The van der Waals surface area contributed by atoms with E-state index in [1.807, 2.05) is 13.8 Å². The molecule has 3 amide bonds. The minimum atomic E-state index is -0.313. The van der Waals surface area contributed by atoms with Gasteiger partial charge in [-0.25, -0.2) is 9.97 Å². The molecule has 1 atom stereocenters. The number of carbonyl (C=O) groups excluding carboxylic acids is 3. The maximum Gasteiger partial charge on any atom is 0.228 e. The maximum atomic E-state index is 12.9. The normalized spacial score (nSPS) is 18.7. The Morgan fingerprint density at radius 3 is 2.58 bits per heavy atom. The van der Waals surface area contributed by atoms with Crippen LogP contribution in [0.1, 0.15) is 63.5 Å². The van der Waals surface area contributed by atoms with Gasteiger partial charge in [-0.15, -0.1) is 0 Å². The molecule has 31 heavy (non-hydrogen) atoms. The van der Waals surface area contributed by atoms with Gasteiger partial charge in [0.05, 0.1) is 12.5 Å². The zero-order chi connectivity index (χ0) is 22.7. The lowest BCUT2D eigenvalue weighted by Gasteiger charge is -2.30. The molecule has 0 saturated carbocycles. The van der Waals surface area contributed by atoms with Crippen molar-refractivity contribution in [3.63, 3.8) is 0 Å². The molecule has 1 aromatic heterocycles. The van der Waals surface area contributed by atoms with Crippen molar-refractivity contribution in [3.05, 3.63) is 17.1 Å². The standard InChI is InChI=1S/C23H35N5O3/c1-6-10-27-13-17(12-21(27)30)23(31)26(5)14-19-24-16(4)18-7-8-20(29)28(22(18)25-19)11-9-15(2)3/h15,17H,6-14H2,1-5H3. The average Bonchev–Trinajstić information content (AvgIpc) is 3.07. The Hall–Kier alpha value is -2.51. The van der Waals surface area contributed by atoms with E-state index in [0.717, 1.165) is 24.1 Å². The van der Waals surface area contributed by atoms with Gasteiger partial charge in [0.25, 0.3) is 0 Å². The van der Waals surface area contributed by atoms with Gasteiger partial charge >= 0.3 is 0 Å². The van der Waals surface area contributed by atoms with Crippen LogP contribution < -0.4 is 4.90 Å². The van der Waals surface area contributed by atoms with E-state index in [0.29, 0.717) is 50.0 Å². The first-order chi connectivity index (χ1) is 14.7. The number of aryl methyl sites for hydroxylation is 1. The fraction of sp³-hybridized carbons (Fsp3) is 0.696. The highest BCUT2D eigenvalue weighted by Crippen LogP contribution is 2.29. The molecule has 0 aromatic carbocycles. The smallest absolute Gasteiger partial charge is 0.228 e. The van der Waals surface area contributed by atoms with Crippen LogP contribution in [-0.2, 0) is 27.3 Å². The van der Waals surface area contributed by atoms with Crippen molar-refractivity contribution in [2.45, 2.75) is 66.3 Å². The van der Waals surface area contributed by atoms with Gasteiger partial charge in [0.15, 0.2) is 0 Å². The van der Waals surface area contributed by atoms with E-state index in [1.165, 1.54) is 0 Å². The Morgan fingerprint density at radius 1 is 1.16 bits per heavy atom. The Balaban J connectivity index is 1.75. The minimum absolute atomic E-state index is 0.0498. The first-order valence-corrected chi connectivity index (χ1v) is 11.4. The monoisotopic (exact) mass is 429 g/mol. The van der Waals surface area contributed by atoms with Crippen molar-refractivity contribution in [2.24, 2.45) is 11.8 Å². The van der Waals surface area contributed by atoms with Crippen LogP contribution in [0, 0.1) is 18.8 Å². The number of fused-ring (bicyclic) bond motifs is 1. The van der Waals surface area contributed by atoms with Crippen LogP contribution in [0.4, 0.5) is 5.82 Å². The van der Waals surface area contributed by atoms with E-state index in [-0.39, 0.29) is 36.6 Å². The molecular formula is C23H35N5O3. The van der Waals surface area contributed by atoms with Crippen molar-refractivity contribution in [1.82, 2.24) is 19.8 Å². The van der Waals surface area contributed by atoms with Crippen LogP contribution in [0.3, 0.4) is 0 Å². The molecule has 8 nitrogen and oxygen atoms in total. The number of hydrogen-bond acceptors (Lipinski definition) is 5. The van der Waals surface area contributed by atoms with Gasteiger partial charge in [0, 0.05) is 50.8 Å². The van der Waals surface area contributed by atoms with Gasteiger partial charge in [0.1, 0.15) is 11.6 Å². The highest BCUT2D eigenvalue weighted by atomic mass is 16.2. The van der Waals surface area contributed by atoms with Crippen LogP contribution in [0.2, 0.25) is 0 Å². The summed E-state index contributed by atoms with van der Waals surface area (Å²) in [5.41, 5.74) is 1.89. The van der Waals surface area contributed by atoms with E-state index >= 15 is 0 Å². The van der Waals surface area contributed by atoms with Gasteiger partial charge < -0.3 is 9.80 Å². The van der Waals surface area contributed by atoms with E-state index in [9.17, 15) is 14.4 Å². The lowest BCUT2D eigenvalue weighted by atomic mass is 10.0. The average molecular weight is 430 g/mol. The molecule has 1 aromatic rings. The number of nitrogens with zero attached hydrogens (tertiary/aromatic N) is 5. The molecule has 0 bridgehead atoms. The zero-order valence-electron chi connectivity index (χ0n) is 19.5. The van der Waals surface area contributed by atoms with Crippen molar-refractivity contribution in [2.75, 3.05) is 31.6 Å². The third-order valence-electron chi connectivity index (χ3n) is 6.13. The molecule has 2 aliphatic heterocycles. The molecule has 0 N–H and O–H groups in total. The quantitative estimate of drug-likeness (QED) is 0.633. The molecule has 2 aliphatic rings. The second kappa shape index (κ2) is 9.75. The highest BCUT2D eigenvalue weighted by molar-refractivity contribution is 5.95. The van der Waals surface area contributed by atoms with Crippen LogP contribution >= 0.6 is 0 Å². The zero-order valence-corrected chi connectivity index (χ0v) is 19.5. The summed E-state index contributed by atoms with van der Waals surface area (Å²) in [4.78, 5) is 52.2. The summed E-state index contributed by atoms with van der Waals surface area (Å²) in [6.45, 7) is 10.3. The molecular weight excluding hydrogens is 394 g/mol. The number of anilines is 1. The maximum absolute atomic E-state index is 12.9. The first kappa shape index (κ1) is 23.2. The highest BCUT2D eigenvalue weighted by Gasteiger charge is 2.35. The summed E-state index contributed by atoms with van der Waals surface area (Å²) >= 11 is 0.